The number of pyridine rings is 2. The van der Waals surface area contributed by atoms with E-state index in [1.165, 1.54) is 12.1 Å². The zero-order valence-electron chi connectivity index (χ0n) is 19.6. The van der Waals surface area contributed by atoms with Gasteiger partial charge in [-0.1, -0.05) is 18.2 Å². The number of hydrogen-bond donors (Lipinski definition) is 2. The van der Waals surface area contributed by atoms with Gasteiger partial charge in [-0.2, -0.15) is 5.26 Å². The van der Waals surface area contributed by atoms with Crippen molar-refractivity contribution in [2.24, 2.45) is 0 Å². The normalized spacial score (nSPS) is 19.6. The van der Waals surface area contributed by atoms with Gasteiger partial charge in [-0.15, -0.1) is 0 Å². The van der Waals surface area contributed by atoms with Crippen LogP contribution in [-0.2, 0) is 4.74 Å². The summed E-state index contributed by atoms with van der Waals surface area (Å²) >= 11 is 0. The van der Waals surface area contributed by atoms with Crippen LogP contribution in [0.1, 0.15) is 12.0 Å². The summed E-state index contributed by atoms with van der Waals surface area (Å²) in [7, 11) is 0. The minimum atomic E-state index is -0.295. The molecule has 0 aliphatic carbocycles. The van der Waals surface area contributed by atoms with Crippen molar-refractivity contribution in [2.45, 2.75) is 18.6 Å². The average Bonchev–Trinajstić information content (AvgIpc) is 2.92. The molecule has 0 saturated carbocycles. The maximum atomic E-state index is 14.3. The van der Waals surface area contributed by atoms with E-state index in [1.807, 2.05) is 30.5 Å². The van der Waals surface area contributed by atoms with Crippen LogP contribution in [0.25, 0.3) is 33.3 Å². The van der Waals surface area contributed by atoms with Crippen molar-refractivity contribution in [1.29, 1.82) is 5.26 Å². The van der Waals surface area contributed by atoms with Crippen molar-refractivity contribution in [3.05, 3.63) is 72.3 Å². The second kappa shape index (κ2) is 9.19. The van der Waals surface area contributed by atoms with E-state index < -0.39 is 0 Å². The second-order valence-electron chi connectivity index (χ2n) is 9.20. The summed E-state index contributed by atoms with van der Waals surface area (Å²) in [6.45, 7) is 3.10. The van der Waals surface area contributed by atoms with Gasteiger partial charge in [0.25, 0.3) is 0 Å². The monoisotopic (exact) mass is 480 g/mol. The largest absolute Gasteiger partial charge is 0.396 e. The van der Waals surface area contributed by atoms with E-state index in [0.717, 1.165) is 52.8 Å². The van der Waals surface area contributed by atoms with Crippen LogP contribution in [0.2, 0.25) is 0 Å². The van der Waals surface area contributed by atoms with E-state index in [1.54, 1.807) is 18.3 Å². The molecule has 180 valence electrons. The number of rotatable bonds is 3. The van der Waals surface area contributed by atoms with Gasteiger partial charge in [0, 0.05) is 54.6 Å². The minimum Gasteiger partial charge on any atom is -0.396 e. The first-order valence-corrected chi connectivity index (χ1v) is 12.1. The van der Waals surface area contributed by atoms with Crippen molar-refractivity contribution in [2.75, 3.05) is 36.9 Å². The van der Waals surface area contributed by atoms with Crippen molar-refractivity contribution >= 4 is 22.3 Å². The van der Waals surface area contributed by atoms with Gasteiger partial charge in [0.15, 0.2) is 0 Å². The number of benzene rings is 2. The molecule has 0 radical (unpaired) electrons. The molecule has 7 nitrogen and oxygen atoms in total. The Morgan fingerprint density at radius 3 is 2.92 bits per heavy atom. The number of nitriles is 1. The van der Waals surface area contributed by atoms with Crippen molar-refractivity contribution in [3.63, 3.8) is 0 Å². The fraction of sp³-hybridized carbons (Fsp3) is 0.250. The Bertz CT molecular complexity index is 1500. The van der Waals surface area contributed by atoms with E-state index >= 15 is 0 Å². The Morgan fingerprint density at radius 1 is 1.14 bits per heavy atom. The number of nitrogen functional groups attached to an aromatic ring is 1. The van der Waals surface area contributed by atoms with E-state index in [-0.39, 0.29) is 11.9 Å². The predicted octanol–water partition coefficient (Wildman–Crippen LogP) is 4.12. The second-order valence-corrected chi connectivity index (χ2v) is 9.20. The van der Waals surface area contributed by atoms with E-state index in [9.17, 15) is 9.65 Å². The predicted molar refractivity (Wildman–Crippen MR) is 138 cm³/mol. The molecule has 6 rings (SSSR count). The third-order valence-electron chi connectivity index (χ3n) is 7.08. The molecule has 2 fully saturated rings. The average molecular weight is 481 g/mol. The minimum absolute atomic E-state index is 0.0730. The standard InChI is InChI=1S/C28H25FN6O/c29-20-3-1-2-17(12-20)22-15-34-23-5-4-18(27-26(31)19(14-30)6-8-33-27)13-21(23)28(22)35-10-7-24-25(16-35)36-11-9-32-24/h1-6,8,12-13,15,24-25,32H,7,9-11,16,31H2/t24-,25-/m0/s1. The van der Waals surface area contributed by atoms with E-state index in [0.29, 0.717) is 36.1 Å². The molecule has 4 heterocycles. The number of ether oxygens (including phenoxy) is 1. The van der Waals surface area contributed by atoms with Crippen LogP contribution in [0.4, 0.5) is 15.8 Å². The molecule has 3 N–H and O–H groups in total. The quantitative estimate of drug-likeness (QED) is 0.455. The van der Waals surface area contributed by atoms with Crippen LogP contribution < -0.4 is 16.0 Å². The zero-order chi connectivity index (χ0) is 24.6. The highest BCUT2D eigenvalue weighted by Gasteiger charge is 2.33. The lowest BCUT2D eigenvalue weighted by molar-refractivity contribution is -0.00896. The Hall–Kier alpha value is -4.06. The highest BCUT2D eigenvalue weighted by molar-refractivity contribution is 6.02. The number of morpholine rings is 1. The van der Waals surface area contributed by atoms with Gasteiger partial charge in [-0.3, -0.25) is 9.97 Å². The maximum absolute atomic E-state index is 14.3. The number of hydrogen-bond acceptors (Lipinski definition) is 7. The summed E-state index contributed by atoms with van der Waals surface area (Å²) in [6, 6.07) is 16.5. The van der Waals surface area contributed by atoms with Gasteiger partial charge in [0.2, 0.25) is 0 Å². The first kappa shape index (κ1) is 22.4. The lowest BCUT2D eigenvalue weighted by Gasteiger charge is -2.43. The number of aromatic nitrogens is 2. The first-order valence-electron chi connectivity index (χ1n) is 12.1. The van der Waals surface area contributed by atoms with Crippen molar-refractivity contribution < 1.29 is 9.13 Å². The molecule has 0 bridgehead atoms. The van der Waals surface area contributed by atoms with Gasteiger partial charge in [0.1, 0.15) is 11.9 Å². The summed E-state index contributed by atoms with van der Waals surface area (Å²) in [5, 5.41) is 13.9. The molecule has 36 heavy (non-hydrogen) atoms. The lowest BCUT2D eigenvalue weighted by atomic mass is 9.95. The molecule has 8 heteroatoms. The molecule has 0 amide bonds. The number of nitrogens with zero attached hydrogens (tertiary/aromatic N) is 4. The van der Waals surface area contributed by atoms with Crippen molar-refractivity contribution in [3.8, 4) is 28.5 Å². The van der Waals surface area contributed by atoms with Crippen LogP contribution in [0.15, 0.2) is 60.9 Å². The Morgan fingerprint density at radius 2 is 2.06 bits per heavy atom. The Labute approximate surface area is 208 Å². The molecule has 0 unspecified atom stereocenters. The third kappa shape index (κ3) is 3.92. The van der Waals surface area contributed by atoms with Crippen molar-refractivity contribution in [1.82, 2.24) is 15.3 Å². The van der Waals surface area contributed by atoms with Gasteiger partial charge < -0.3 is 20.7 Å². The fourth-order valence-electron chi connectivity index (χ4n) is 5.31. The SMILES string of the molecule is N#Cc1ccnc(-c2ccc3ncc(-c4cccc(F)c4)c(N4CC[C@@H]5NCCO[C@H]5C4)c3c2)c1N. The molecule has 2 aromatic carbocycles. The Kier molecular flexibility index (Phi) is 5.72. The topological polar surface area (TPSA) is 100 Å². The first-order chi connectivity index (χ1) is 17.6. The number of nitrogens with one attached hydrogen (secondary N) is 1. The zero-order valence-corrected chi connectivity index (χ0v) is 19.6. The molecule has 2 saturated heterocycles. The summed E-state index contributed by atoms with van der Waals surface area (Å²) in [5.41, 5.74) is 11.8. The fourth-order valence-corrected chi connectivity index (χ4v) is 5.31. The molecule has 2 atom stereocenters. The molecule has 2 aliphatic rings. The summed E-state index contributed by atoms with van der Waals surface area (Å²) in [4.78, 5) is 11.5. The van der Waals surface area contributed by atoms with Crippen LogP contribution in [0, 0.1) is 17.1 Å². The van der Waals surface area contributed by atoms with Gasteiger partial charge in [-0.25, -0.2) is 4.39 Å². The maximum Gasteiger partial charge on any atom is 0.123 e. The van der Waals surface area contributed by atoms with Gasteiger partial charge in [0.05, 0.1) is 40.9 Å². The van der Waals surface area contributed by atoms with E-state index in [4.69, 9.17) is 15.5 Å². The van der Waals surface area contributed by atoms with Gasteiger partial charge >= 0.3 is 0 Å². The molecular formula is C28H25FN6O. The van der Waals surface area contributed by atoms with Crippen LogP contribution in [0.3, 0.4) is 0 Å². The molecular weight excluding hydrogens is 455 g/mol. The van der Waals surface area contributed by atoms with Crippen LogP contribution >= 0.6 is 0 Å². The summed E-state index contributed by atoms with van der Waals surface area (Å²) in [6.07, 6.45) is 4.43. The highest BCUT2D eigenvalue weighted by atomic mass is 19.1. The summed E-state index contributed by atoms with van der Waals surface area (Å²) < 4.78 is 20.4. The smallest absolute Gasteiger partial charge is 0.123 e. The lowest BCUT2D eigenvalue weighted by Crippen LogP contribution is -2.57. The number of anilines is 2. The molecule has 2 aliphatic heterocycles. The number of fused-ring (bicyclic) bond motifs is 2. The van der Waals surface area contributed by atoms with Crippen LogP contribution in [-0.4, -0.2) is 48.4 Å². The number of nitrogens with two attached hydrogens (primary N) is 1. The Balaban J connectivity index is 1.55. The van der Waals surface area contributed by atoms with Gasteiger partial charge in [-0.05, 0) is 42.3 Å². The van der Waals surface area contributed by atoms with E-state index in [2.05, 4.69) is 21.3 Å². The number of halogens is 1. The highest BCUT2D eigenvalue weighted by Crippen LogP contribution is 2.40. The third-order valence-corrected chi connectivity index (χ3v) is 7.08. The molecule has 2 aromatic heterocycles. The molecule has 4 aromatic rings. The van der Waals surface area contributed by atoms with Crippen LogP contribution in [0.5, 0.6) is 0 Å². The number of piperidine rings is 1. The summed E-state index contributed by atoms with van der Waals surface area (Å²) in [5.74, 6) is -0.295. The molecule has 0 spiro atoms.